The van der Waals surface area contributed by atoms with Gasteiger partial charge in [-0.15, -0.1) is 0 Å². The molecule has 108 valence electrons. The number of methoxy groups -OCH3 is 2. The number of hydrogen-bond acceptors (Lipinski definition) is 6. The van der Waals surface area contributed by atoms with Crippen molar-refractivity contribution in [2.24, 2.45) is 5.73 Å². The summed E-state index contributed by atoms with van der Waals surface area (Å²) < 4.78 is 16.7. The van der Waals surface area contributed by atoms with Crippen molar-refractivity contribution < 1.29 is 14.0 Å². The van der Waals surface area contributed by atoms with E-state index in [0.717, 1.165) is 16.5 Å². The quantitative estimate of drug-likeness (QED) is 0.899. The Hall–Kier alpha value is -1.60. The molecule has 0 amide bonds. The molecule has 1 aromatic heterocycles. The van der Waals surface area contributed by atoms with Gasteiger partial charge in [-0.05, 0) is 34.0 Å². The largest absolute Gasteiger partial charge is 0.493 e. The molecule has 0 saturated heterocycles. The summed E-state index contributed by atoms with van der Waals surface area (Å²) in [5.41, 5.74) is 7.27. The Bertz CT molecular complexity index is 613. The Kier molecular flexibility index (Phi) is 4.61. The average molecular weight is 342 g/mol. The second-order valence-corrected chi connectivity index (χ2v) is 4.82. The van der Waals surface area contributed by atoms with Crippen molar-refractivity contribution in [3.63, 3.8) is 0 Å². The van der Waals surface area contributed by atoms with Crippen LogP contribution in [-0.4, -0.2) is 24.4 Å². The van der Waals surface area contributed by atoms with Crippen LogP contribution in [-0.2, 0) is 13.0 Å². The molecule has 0 aliphatic heterocycles. The average Bonchev–Trinajstić information content (AvgIpc) is 2.95. The van der Waals surface area contributed by atoms with Crippen LogP contribution >= 0.6 is 15.9 Å². The zero-order valence-corrected chi connectivity index (χ0v) is 13.2. The third-order valence-corrected chi connectivity index (χ3v) is 3.83. The number of rotatable bonds is 5. The molecule has 1 heterocycles. The molecule has 0 bridgehead atoms. The third kappa shape index (κ3) is 2.51. The number of nitrogens with zero attached hydrogens (tertiary/aromatic N) is 2. The second kappa shape index (κ2) is 6.23. The van der Waals surface area contributed by atoms with Gasteiger partial charge in [-0.3, -0.25) is 0 Å². The summed E-state index contributed by atoms with van der Waals surface area (Å²) in [6.07, 6.45) is 0.829. The monoisotopic (exact) mass is 341 g/mol. The Morgan fingerprint density at radius 2 is 2.10 bits per heavy atom. The van der Waals surface area contributed by atoms with Crippen LogP contribution in [0.1, 0.15) is 18.4 Å². The highest BCUT2D eigenvalue weighted by molar-refractivity contribution is 9.10. The molecule has 20 heavy (non-hydrogen) atoms. The third-order valence-electron chi connectivity index (χ3n) is 2.93. The first-order valence-electron chi connectivity index (χ1n) is 6.12. The topological polar surface area (TPSA) is 83.4 Å². The molecule has 2 rings (SSSR count). The summed E-state index contributed by atoms with van der Waals surface area (Å²) in [4.78, 5) is 4.25. The Morgan fingerprint density at radius 3 is 2.60 bits per heavy atom. The minimum absolute atomic E-state index is 0.192. The van der Waals surface area contributed by atoms with E-state index in [2.05, 4.69) is 33.0 Å². The standard InChI is InChI=1S/C13H16BrN3O3/c1-4-7-5-8(18-2)12(19-3)10(11(7)14)13-16-9(6-15)20-17-13/h5H,4,6,15H2,1-3H3. The van der Waals surface area contributed by atoms with Crippen LogP contribution in [0.5, 0.6) is 11.5 Å². The van der Waals surface area contributed by atoms with Crippen LogP contribution in [0.3, 0.4) is 0 Å². The first-order chi connectivity index (χ1) is 9.65. The van der Waals surface area contributed by atoms with E-state index in [9.17, 15) is 0 Å². The van der Waals surface area contributed by atoms with E-state index in [0.29, 0.717) is 28.8 Å². The summed E-state index contributed by atoms with van der Waals surface area (Å²) in [5, 5.41) is 3.95. The first-order valence-corrected chi connectivity index (χ1v) is 6.91. The Balaban J connectivity index is 2.70. The molecule has 0 unspecified atom stereocenters. The fourth-order valence-corrected chi connectivity index (χ4v) is 2.67. The number of aryl methyl sites for hydroxylation is 1. The van der Waals surface area contributed by atoms with E-state index < -0.39 is 0 Å². The van der Waals surface area contributed by atoms with E-state index >= 15 is 0 Å². The van der Waals surface area contributed by atoms with Gasteiger partial charge in [0.2, 0.25) is 11.7 Å². The van der Waals surface area contributed by atoms with Crippen molar-refractivity contribution in [1.82, 2.24) is 10.1 Å². The molecule has 2 N–H and O–H groups in total. The van der Waals surface area contributed by atoms with Gasteiger partial charge in [0.15, 0.2) is 11.5 Å². The summed E-state index contributed by atoms with van der Waals surface area (Å²) in [7, 11) is 3.17. The predicted octanol–water partition coefficient (Wildman–Crippen LogP) is 2.54. The first kappa shape index (κ1) is 14.8. The molecule has 0 atom stereocenters. The number of halogens is 1. The lowest BCUT2D eigenvalue weighted by atomic mass is 10.1. The van der Waals surface area contributed by atoms with Crippen LogP contribution in [0.15, 0.2) is 15.1 Å². The normalized spacial score (nSPS) is 10.7. The van der Waals surface area contributed by atoms with Crippen LogP contribution < -0.4 is 15.2 Å². The highest BCUT2D eigenvalue weighted by Gasteiger charge is 2.22. The van der Waals surface area contributed by atoms with Gasteiger partial charge >= 0.3 is 0 Å². The van der Waals surface area contributed by atoms with Crippen molar-refractivity contribution in [2.75, 3.05) is 14.2 Å². The fraction of sp³-hybridized carbons (Fsp3) is 0.385. The zero-order chi connectivity index (χ0) is 14.7. The summed E-state index contributed by atoms with van der Waals surface area (Å²) >= 11 is 3.58. The van der Waals surface area contributed by atoms with E-state index in [4.69, 9.17) is 19.7 Å². The molecular formula is C13H16BrN3O3. The zero-order valence-electron chi connectivity index (χ0n) is 11.6. The summed E-state index contributed by atoms with van der Waals surface area (Å²) in [6.45, 7) is 2.24. The molecule has 0 saturated carbocycles. The predicted molar refractivity (Wildman–Crippen MR) is 77.8 cm³/mol. The summed E-state index contributed by atoms with van der Waals surface area (Å²) in [5.74, 6) is 1.97. The lowest BCUT2D eigenvalue weighted by Crippen LogP contribution is -1.99. The highest BCUT2D eigenvalue weighted by atomic mass is 79.9. The van der Waals surface area contributed by atoms with E-state index in [-0.39, 0.29) is 6.54 Å². The maximum Gasteiger partial charge on any atom is 0.240 e. The van der Waals surface area contributed by atoms with Gasteiger partial charge in [0.1, 0.15) is 0 Å². The van der Waals surface area contributed by atoms with Crippen molar-refractivity contribution in [3.05, 3.63) is 22.0 Å². The summed E-state index contributed by atoms with van der Waals surface area (Å²) in [6, 6.07) is 1.93. The van der Waals surface area contributed by atoms with Crippen LogP contribution in [0.2, 0.25) is 0 Å². The van der Waals surface area contributed by atoms with Crippen molar-refractivity contribution >= 4 is 15.9 Å². The van der Waals surface area contributed by atoms with Gasteiger partial charge in [-0.25, -0.2) is 0 Å². The number of aromatic nitrogens is 2. The van der Waals surface area contributed by atoms with Gasteiger partial charge in [0.25, 0.3) is 0 Å². The molecule has 2 aromatic rings. The Morgan fingerprint density at radius 1 is 1.35 bits per heavy atom. The molecule has 0 aliphatic rings. The minimum Gasteiger partial charge on any atom is -0.493 e. The van der Waals surface area contributed by atoms with Gasteiger partial charge in [-0.1, -0.05) is 12.1 Å². The van der Waals surface area contributed by atoms with E-state index in [1.807, 2.05) is 6.07 Å². The van der Waals surface area contributed by atoms with E-state index in [1.54, 1.807) is 14.2 Å². The molecule has 6 nitrogen and oxygen atoms in total. The van der Waals surface area contributed by atoms with Crippen LogP contribution in [0.25, 0.3) is 11.4 Å². The smallest absolute Gasteiger partial charge is 0.240 e. The molecule has 1 aromatic carbocycles. The minimum atomic E-state index is 0.192. The molecular weight excluding hydrogens is 326 g/mol. The molecule has 0 radical (unpaired) electrons. The fourth-order valence-electron chi connectivity index (χ4n) is 1.92. The van der Waals surface area contributed by atoms with Gasteiger partial charge in [-0.2, -0.15) is 4.98 Å². The second-order valence-electron chi connectivity index (χ2n) is 4.03. The molecule has 7 heteroatoms. The lowest BCUT2D eigenvalue weighted by molar-refractivity contribution is 0.354. The lowest BCUT2D eigenvalue weighted by Gasteiger charge is -2.15. The number of nitrogens with two attached hydrogens (primary N) is 1. The SMILES string of the molecule is CCc1cc(OC)c(OC)c(-c2noc(CN)n2)c1Br. The molecule has 0 fully saturated rings. The van der Waals surface area contributed by atoms with E-state index in [1.165, 1.54) is 0 Å². The highest BCUT2D eigenvalue weighted by Crippen LogP contribution is 2.44. The maximum absolute atomic E-state index is 5.50. The van der Waals surface area contributed by atoms with Crippen molar-refractivity contribution in [1.29, 1.82) is 0 Å². The van der Waals surface area contributed by atoms with Gasteiger partial charge in [0, 0.05) is 4.47 Å². The number of benzene rings is 1. The molecule has 0 aliphatic carbocycles. The van der Waals surface area contributed by atoms with Gasteiger partial charge in [0.05, 0.1) is 26.3 Å². The molecule has 0 spiro atoms. The number of ether oxygens (including phenoxy) is 2. The van der Waals surface area contributed by atoms with Crippen LogP contribution in [0.4, 0.5) is 0 Å². The van der Waals surface area contributed by atoms with Crippen LogP contribution in [0, 0.1) is 0 Å². The van der Waals surface area contributed by atoms with Crippen molar-refractivity contribution in [3.8, 4) is 22.9 Å². The van der Waals surface area contributed by atoms with Gasteiger partial charge < -0.3 is 19.7 Å². The Labute approximate surface area is 125 Å². The number of hydrogen-bond donors (Lipinski definition) is 1. The van der Waals surface area contributed by atoms with Crippen molar-refractivity contribution in [2.45, 2.75) is 19.9 Å². The maximum atomic E-state index is 5.50.